The van der Waals surface area contributed by atoms with Crippen molar-refractivity contribution in [3.8, 4) is 0 Å². The first-order valence-corrected chi connectivity index (χ1v) is 7.58. The lowest BCUT2D eigenvalue weighted by molar-refractivity contribution is 0.858. The van der Waals surface area contributed by atoms with Gasteiger partial charge in [0, 0.05) is 4.47 Å². The van der Waals surface area contributed by atoms with Gasteiger partial charge in [-0.25, -0.2) is 0 Å². The van der Waals surface area contributed by atoms with Gasteiger partial charge in [-0.1, -0.05) is 55.3 Å². The standard InChI is InChI=1S/C16H17BrClN/c1-2-4-11-5-3-6-12(9-11)16(19)13-7-8-14(17)15(18)10-13/h3,5-10,16H,2,4,19H2,1H3. The lowest BCUT2D eigenvalue weighted by Crippen LogP contribution is -2.12. The summed E-state index contributed by atoms with van der Waals surface area (Å²) < 4.78 is 0.893. The summed E-state index contributed by atoms with van der Waals surface area (Å²) in [6.07, 6.45) is 2.23. The number of hydrogen-bond acceptors (Lipinski definition) is 1. The van der Waals surface area contributed by atoms with E-state index in [9.17, 15) is 0 Å². The summed E-state index contributed by atoms with van der Waals surface area (Å²) in [4.78, 5) is 0. The molecule has 0 bridgehead atoms. The highest BCUT2D eigenvalue weighted by Gasteiger charge is 2.10. The molecule has 0 aromatic heterocycles. The van der Waals surface area contributed by atoms with Gasteiger partial charge in [-0.3, -0.25) is 0 Å². The van der Waals surface area contributed by atoms with Crippen LogP contribution in [0.1, 0.15) is 36.1 Å². The summed E-state index contributed by atoms with van der Waals surface area (Å²) in [6.45, 7) is 2.18. The Morgan fingerprint density at radius 3 is 2.58 bits per heavy atom. The topological polar surface area (TPSA) is 26.0 Å². The second-order valence-corrected chi connectivity index (χ2v) is 5.91. The molecular formula is C16H17BrClN. The number of aryl methyl sites for hydroxylation is 1. The maximum absolute atomic E-state index is 6.33. The van der Waals surface area contributed by atoms with Crippen LogP contribution in [0.3, 0.4) is 0 Å². The van der Waals surface area contributed by atoms with Crippen molar-refractivity contribution in [1.29, 1.82) is 0 Å². The summed E-state index contributed by atoms with van der Waals surface area (Å²) in [7, 11) is 0. The zero-order chi connectivity index (χ0) is 13.8. The van der Waals surface area contributed by atoms with E-state index in [1.54, 1.807) is 0 Å². The molecule has 3 heteroatoms. The molecule has 2 rings (SSSR count). The third kappa shape index (κ3) is 3.59. The van der Waals surface area contributed by atoms with E-state index in [4.69, 9.17) is 17.3 Å². The van der Waals surface area contributed by atoms with E-state index < -0.39 is 0 Å². The molecule has 0 radical (unpaired) electrons. The smallest absolute Gasteiger partial charge is 0.0552 e. The summed E-state index contributed by atoms with van der Waals surface area (Å²) in [5.41, 5.74) is 9.82. The SMILES string of the molecule is CCCc1cccc(C(N)c2ccc(Br)c(Cl)c2)c1. The van der Waals surface area contributed by atoms with Gasteiger partial charge >= 0.3 is 0 Å². The fourth-order valence-electron chi connectivity index (χ4n) is 2.13. The van der Waals surface area contributed by atoms with Crippen LogP contribution in [0.25, 0.3) is 0 Å². The minimum atomic E-state index is -0.137. The fourth-order valence-corrected chi connectivity index (χ4v) is 2.56. The van der Waals surface area contributed by atoms with Crippen LogP contribution in [0.4, 0.5) is 0 Å². The van der Waals surface area contributed by atoms with Gasteiger partial charge in [0.2, 0.25) is 0 Å². The fraction of sp³-hybridized carbons (Fsp3) is 0.250. The van der Waals surface area contributed by atoms with Crippen molar-refractivity contribution in [1.82, 2.24) is 0 Å². The minimum absolute atomic E-state index is 0.137. The molecule has 0 aliphatic carbocycles. The number of nitrogens with two attached hydrogens (primary N) is 1. The number of benzene rings is 2. The second-order valence-electron chi connectivity index (χ2n) is 4.65. The quantitative estimate of drug-likeness (QED) is 0.824. The summed E-state index contributed by atoms with van der Waals surface area (Å²) in [5.74, 6) is 0. The van der Waals surface area contributed by atoms with Crippen LogP contribution >= 0.6 is 27.5 Å². The lowest BCUT2D eigenvalue weighted by Gasteiger charge is -2.14. The molecule has 0 heterocycles. The van der Waals surface area contributed by atoms with Crippen molar-refractivity contribution in [3.63, 3.8) is 0 Å². The molecule has 0 spiro atoms. The van der Waals surface area contributed by atoms with E-state index in [1.807, 2.05) is 18.2 Å². The maximum Gasteiger partial charge on any atom is 0.0552 e. The molecule has 0 saturated heterocycles. The zero-order valence-electron chi connectivity index (χ0n) is 10.9. The van der Waals surface area contributed by atoms with Crippen LogP contribution in [-0.2, 0) is 6.42 Å². The number of hydrogen-bond donors (Lipinski definition) is 1. The molecule has 19 heavy (non-hydrogen) atoms. The van der Waals surface area contributed by atoms with E-state index in [0.717, 1.165) is 28.4 Å². The molecule has 2 aromatic carbocycles. The van der Waals surface area contributed by atoms with Gasteiger partial charge in [0.1, 0.15) is 0 Å². The highest BCUT2D eigenvalue weighted by molar-refractivity contribution is 9.10. The van der Waals surface area contributed by atoms with Crippen molar-refractivity contribution in [2.24, 2.45) is 5.73 Å². The van der Waals surface area contributed by atoms with Gasteiger partial charge in [-0.2, -0.15) is 0 Å². The lowest BCUT2D eigenvalue weighted by atomic mass is 9.97. The molecule has 0 aliphatic rings. The van der Waals surface area contributed by atoms with E-state index in [-0.39, 0.29) is 6.04 Å². The van der Waals surface area contributed by atoms with Crippen LogP contribution in [0.5, 0.6) is 0 Å². The minimum Gasteiger partial charge on any atom is -0.320 e. The average molecular weight is 339 g/mol. The third-order valence-corrected chi connectivity index (χ3v) is 4.38. The Balaban J connectivity index is 2.29. The number of rotatable bonds is 4. The van der Waals surface area contributed by atoms with Gasteiger partial charge in [-0.15, -0.1) is 0 Å². The first-order chi connectivity index (χ1) is 9.11. The van der Waals surface area contributed by atoms with Crippen LogP contribution in [0, 0.1) is 0 Å². The third-order valence-electron chi connectivity index (χ3n) is 3.15. The summed E-state index contributed by atoms with van der Waals surface area (Å²) >= 11 is 9.52. The Morgan fingerprint density at radius 2 is 1.89 bits per heavy atom. The maximum atomic E-state index is 6.33. The van der Waals surface area contributed by atoms with Crippen molar-refractivity contribution in [2.45, 2.75) is 25.8 Å². The summed E-state index contributed by atoms with van der Waals surface area (Å²) in [6, 6.07) is 14.2. The second kappa shape index (κ2) is 6.56. The number of halogens is 2. The molecular weight excluding hydrogens is 322 g/mol. The van der Waals surface area contributed by atoms with E-state index in [1.165, 1.54) is 5.56 Å². The Morgan fingerprint density at radius 1 is 1.16 bits per heavy atom. The Labute approximate surface area is 127 Å². The highest BCUT2D eigenvalue weighted by atomic mass is 79.9. The first kappa shape index (κ1) is 14.6. The van der Waals surface area contributed by atoms with Crippen molar-refractivity contribution >= 4 is 27.5 Å². The Bertz CT molecular complexity index is 568. The zero-order valence-corrected chi connectivity index (χ0v) is 13.2. The molecule has 100 valence electrons. The van der Waals surface area contributed by atoms with Gasteiger partial charge in [0.15, 0.2) is 0 Å². The molecule has 0 aliphatic heterocycles. The Kier molecular flexibility index (Phi) is 5.03. The van der Waals surface area contributed by atoms with Crippen molar-refractivity contribution in [3.05, 3.63) is 68.7 Å². The average Bonchev–Trinajstić information content (AvgIpc) is 2.42. The van der Waals surface area contributed by atoms with Crippen molar-refractivity contribution < 1.29 is 0 Å². The van der Waals surface area contributed by atoms with Crippen LogP contribution in [0.2, 0.25) is 5.02 Å². The normalized spacial score (nSPS) is 12.4. The molecule has 2 aromatic rings. The van der Waals surface area contributed by atoms with Crippen LogP contribution < -0.4 is 5.73 Å². The van der Waals surface area contributed by atoms with E-state index in [0.29, 0.717) is 5.02 Å². The monoisotopic (exact) mass is 337 g/mol. The molecule has 0 fully saturated rings. The first-order valence-electron chi connectivity index (χ1n) is 6.41. The molecule has 1 unspecified atom stereocenters. The molecule has 2 N–H and O–H groups in total. The van der Waals surface area contributed by atoms with Gasteiger partial charge in [-0.05, 0) is 51.2 Å². The predicted octanol–water partition coefficient (Wildman–Crippen LogP) is 5.10. The van der Waals surface area contributed by atoms with Gasteiger partial charge in [0.25, 0.3) is 0 Å². The molecule has 1 nitrogen and oxygen atoms in total. The highest BCUT2D eigenvalue weighted by Crippen LogP contribution is 2.28. The predicted molar refractivity (Wildman–Crippen MR) is 85.6 cm³/mol. The summed E-state index contributed by atoms with van der Waals surface area (Å²) in [5, 5.41) is 0.692. The largest absolute Gasteiger partial charge is 0.320 e. The Hall–Kier alpha value is -0.830. The van der Waals surface area contributed by atoms with E-state index in [2.05, 4.69) is 47.1 Å². The molecule has 1 atom stereocenters. The van der Waals surface area contributed by atoms with Gasteiger partial charge < -0.3 is 5.73 Å². The molecule has 0 amide bonds. The van der Waals surface area contributed by atoms with Gasteiger partial charge in [0.05, 0.1) is 11.1 Å². The van der Waals surface area contributed by atoms with Crippen molar-refractivity contribution in [2.75, 3.05) is 0 Å². The molecule has 0 saturated carbocycles. The van der Waals surface area contributed by atoms with Crippen LogP contribution in [0.15, 0.2) is 46.9 Å². The van der Waals surface area contributed by atoms with E-state index >= 15 is 0 Å². The van der Waals surface area contributed by atoms with Crippen LogP contribution in [-0.4, -0.2) is 0 Å².